The molecule has 0 radical (unpaired) electrons. The monoisotopic (exact) mass is 425 g/mol. The predicted molar refractivity (Wildman–Crippen MR) is 125 cm³/mol. The second kappa shape index (κ2) is 8.47. The van der Waals surface area contributed by atoms with Gasteiger partial charge in [-0.2, -0.15) is 4.98 Å². The molecule has 1 aliphatic carbocycles. The van der Waals surface area contributed by atoms with Crippen molar-refractivity contribution >= 4 is 33.3 Å². The third-order valence-corrected chi connectivity index (χ3v) is 7.51. The fraction of sp³-hybridized carbons (Fsp3) is 0.522. The van der Waals surface area contributed by atoms with Crippen molar-refractivity contribution in [3.63, 3.8) is 0 Å². The molecular formula is C23H31N5OS. The standard InChI is InChI=1S/C23H31N5OS/c1-13-14(2)18(11-16(13)12-29-6)25-21-20(15(3)24-23(27-21)28(4)5)22-26-17-9-7-8-10-19(17)30-22/h7-10,13-14,16,18H,11-12H2,1-6H3,(H,24,25,27)/t13-,14+,16+,18+/m0/s1. The lowest BCUT2D eigenvalue weighted by atomic mass is 9.92. The van der Waals surface area contributed by atoms with Crippen LogP contribution in [0.2, 0.25) is 0 Å². The van der Waals surface area contributed by atoms with Crippen molar-refractivity contribution in [2.24, 2.45) is 17.8 Å². The van der Waals surface area contributed by atoms with Crippen LogP contribution in [0.25, 0.3) is 20.8 Å². The lowest BCUT2D eigenvalue weighted by molar-refractivity contribution is 0.131. The van der Waals surface area contributed by atoms with Crippen molar-refractivity contribution in [2.45, 2.75) is 33.2 Å². The number of fused-ring (bicyclic) bond motifs is 1. The maximum atomic E-state index is 5.47. The van der Waals surface area contributed by atoms with Crippen molar-refractivity contribution < 1.29 is 4.74 Å². The van der Waals surface area contributed by atoms with E-state index in [9.17, 15) is 0 Å². The molecule has 0 bridgehead atoms. The van der Waals surface area contributed by atoms with Crippen LogP contribution in [0, 0.1) is 24.7 Å². The fourth-order valence-corrected chi connectivity index (χ4v) is 5.51. The van der Waals surface area contributed by atoms with Gasteiger partial charge in [0.05, 0.1) is 21.5 Å². The van der Waals surface area contributed by atoms with E-state index in [0.29, 0.717) is 29.7 Å². The van der Waals surface area contributed by atoms with Gasteiger partial charge in [-0.15, -0.1) is 11.3 Å². The maximum Gasteiger partial charge on any atom is 0.227 e. The van der Waals surface area contributed by atoms with Gasteiger partial charge in [-0.3, -0.25) is 0 Å². The van der Waals surface area contributed by atoms with Gasteiger partial charge < -0.3 is 15.0 Å². The zero-order valence-corrected chi connectivity index (χ0v) is 19.5. The fourth-order valence-electron chi connectivity index (χ4n) is 4.45. The Balaban J connectivity index is 1.75. The number of benzene rings is 1. The average Bonchev–Trinajstić information content (AvgIpc) is 3.24. The predicted octanol–water partition coefficient (Wildman–Crippen LogP) is 4.85. The topological polar surface area (TPSA) is 63.2 Å². The molecule has 1 aliphatic rings. The molecule has 7 heteroatoms. The first-order chi connectivity index (χ1) is 14.4. The van der Waals surface area contributed by atoms with Crippen LogP contribution < -0.4 is 10.2 Å². The molecular weight excluding hydrogens is 394 g/mol. The Bertz CT molecular complexity index is 1000. The first-order valence-corrected chi connectivity index (χ1v) is 11.4. The smallest absolute Gasteiger partial charge is 0.227 e. The van der Waals surface area contributed by atoms with Crippen LogP contribution in [-0.2, 0) is 4.74 Å². The van der Waals surface area contributed by atoms with Crippen molar-refractivity contribution in [1.29, 1.82) is 0 Å². The number of aromatic nitrogens is 3. The molecule has 0 amide bonds. The van der Waals surface area contributed by atoms with Crippen LogP contribution in [0.5, 0.6) is 0 Å². The Kier molecular flexibility index (Phi) is 5.93. The summed E-state index contributed by atoms with van der Waals surface area (Å²) in [4.78, 5) is 16.5. The summed E-state index contributed by atoms with van der Waals surface area (Å²) in [6, 6.07) is 8.60. The third kappa shape index (κ3) is 3.88. The number of rotatable bonds is 6. The van der Waals surface area contributed by atoms with Gasteiger partial charge in [0.15, 0.2) is 0 Å². The molecule has 4 rings (SSSR count). The first-order valence-electron chi connectivity index (χ1n) is 10.6. The van der Waals surface area contributed by atoms with Crippen LogP contribution in [0.1, 0.15) is 26.0 Å². The quantitative estimate of drug-likeness (QED) is 0.609. The molecule has 30 heavy (non-hydrogen) atoms. The number of hydrogen-bond donors (Lipinski definition) is 1. The Morgan fingerprint density at radius 2 is 1.90 bits per heavy atom. The highest BCUT2D eigenvalue weighted by atomic mass is 32.1. The van der Waals surface area contributed by atoms with Gasteiger partial charge >= 0.3 is 0 Å². The summed E-state index contributed by atoms with van der Waals surface area (Å²) in [6.07, 6.45) is 1.08. The molecule has 0 unspecified atom stereocenters. The molecule has 3 aromatic rings. The minimum Gasteiger partial charge on any atom is -0.384 e. The lowest BCUT2D eigenvalue weighted by Crippen LogP contribution is -2.26. The lowest BCUT2D eigenvalue weighted by Gasteiger charge is -2.23. The molecule has 160 valence electrons. The number of aryl methyl sites for hydroxylation is 1. The van der Waals surface area contributed by atoms with E-state index < -0.39 is 0 Å². The summed E-state index contributed by atoms with van der Waals surface area (Å²) in [5.41, 5.74) is 2.97. The van der Waals surface area contributed by atoms with Gasteiger partial charge in [-0.25, -0.2) is 9.97 Å². The minimum absolute atomic E-state index is 0.345. The summed E-state index contributed by atoms with van der Waals surface area (Å²) >= 11 is 1.70. The van der Waals surface area contributed by atoms with Gasteiger partial charge in [0.2, 0.25) is 5.95 Å². The number of para-hydroxylation sites is 1. The molecule has 1 fully saturated rings. The highest BCUT2D eigenvalue weighted by Gasteiger charge is 2.38. The van der Waals surface area contributed by atoms with Crippen molar-refractivity contribution in [3.05, 3.63) is 30.0 Å². The van der Waals surface area contributed by atoms with E-state index in [4.69, 9.17) is 19.7 Å². The summed E-state index contributed by atoms with van der Waals surface area (Å²) < 4.78 is 6.65. The number of thiazole rings is 1. The van der Waals surface area contributed by atoms with Crippen molar-refractivity contribution in [3.8, 4) is 10.6 Å². The second-order valence-electron chi connectivity index (χ2n) is 8.63. The van der Waals surface area contributed by atoms with Crippen LogP contribution in [-0.4, -0.2) is 48.8 Å². The average molecular weight is 426 g/mol. The van der Waals surface area contributed by atoms with Gasteiger partial charge in [-0.05, 0) is 43.2 Å². The van der Waals surface area contributed by atoms with Gasteiger partial charge in [0, 0.05) is 33.9 Å². The zero-order chi connectivity index (χ0) is 21.4. The Labute approximate surface area is 182 Å². The van der Waals surface area contributed by atoms with Gasteiger partial charge in [-0.1, -0.05) is 26.0 Å². The number of nitrogens with zero attached hydrogens (tertiary/aromatic N) is 4. The molecule has 0 aliphatic heterocycles. The third-order valence-electron chi connectivity index (χ3n) is 6.45. The Morgan fingerprint density at radius 3 is 2.60 bits per heavy atom. The molecule has 2 heterocycles. The van der Waals surface area contributed by atoms with E-state index in [0.717, 1.165) is 40.6 Å². The maximum absolute atomic E-state index is 5.47. The van der Waals surface area contributed by atoms with E-state index in [1.807, 2.05) is 25.1 Å². The Hall–Kier alpha value is -2.25. The normalized spacial score (nSPS) is 23.8. The molecule has 0 saturated heterocycles. The van der Waals surface area contributed by atoms with E-state index >= 15 is 0 Å². The van der Waals surface area contributed by atoms with E-state index in [1.165, 1.54) is 4.70 Å². The summed E-state index contributed by atoms with van der Waals surface area (Å²) in [5.74, 6) is 3.29. The largest absolute Gasteiger partial charge is 0.384 e. The highest BCUT2D eigenvalue weighted by molar-refractivity contribution is 7.21. The molecule has 0 spiro atoms. The molecule has 4 atom stereocenters. The van der Waals surface area contributed by atoms with Gasteiger partial charge in [0.1, 0.15) is 10.8 Å². The number of nitrogens with one attached hydrogen (secondary N) is 1. The molecule has 1 aromatic carbocycles. The number of hydrogen-bond acceptors (Lipinski definition) is 7. The van der Waals surface area contributed by atoms with Gasteiger partial charge in [0.25, 0.3) is 0 Å². The zero-order valence-electron chi connectivity index (χ0n) is 18.6. The number of anilines is 2. The minimum atomic E-state index is 0.345. The van der Waals surface area contributed by atoms with E-state index in [2.05, 4.69) is 44.3 Å². The van der Waals surface area contributed by atoms with Crippen molar-refractivity contribution in [2.75, 3.05) is 38.0 Å². The molecule has 1 N–H and O–H groups in total. The highest BCUT2D eigenvalue weighted by Crippen LogP contribution is 2.41. The summed E-state index contributed by atoms with van der Waals surface area (Å²) in [6.45, 7) is 7.52. The molecule has 1 saturated carbocycles. The summed E-state index contributed by atoms with van der Waals surface area (Å²) in [5, 5.41) is 4.76. The number of ether oxygens (including phenoxy) is 1. The summed E-state index contributed by atoms with van der Waals surface area (Å²) in [7, 11) is 5.75. The van der Waals surface area contributed by atoms with E-state index in [-0.39, 0.29) is 0 Å². The van der Waals surface area contributed by atoms with Crippen molar-refractivity contribution in [1.82, 2.24) is 15.0 Å². The number of methoxy groups -OCH3 is 1. The second-order valence-corrected chi connectivity index (χ2v) is 9.66. The first kappa shape index (κ1) is 21.0. The van der Waals surface area contributed by atoms with E-state index in [1.54, 1.807) is 18.4 Å². The van der Waals surface area contributed by atoms with Crippen LogP contribution >= 0.6 is 11.3 Å². The molecule has 2 aromatic heterocycles. The molecule has 6 nitrogen and oxygen atoms in total. The Morgan fingerprint density at radius 1 is 1.13 bits per heavy atom. The SMILES string of the molecule is COC[C@H]1C[C@@H](Nc2nc(N(C)C)nc(C)c2-c2nc3ccccc3s2)[C@H](C)[C@@H]1C. The van der Waals surface area contributed by atoms with Crippen LogP contribution in [0.4, 0.5) is 11.8 Å². The van der Waals surface area contributed by atoms with Crippen LogP contribution in [0.3, 0.4) is 0 Å². The van der Waals surface area contributed by atoms with Crippen LogP contribution in [0.15, 0.2) is 24.3 Å².